The molecule has 1 aromatic rings. The molecule has 1 aliphatic rings. The van der Waals surface area contributed by atoms with Crippen molar-refractivity contribution >= 4 is 6.03 Å². The lowest BCUT2D eigenvalue weighted by molar-refractivity contribution is 0.202. The van der Waals surface area contributed by atoms with Crippen LogP contribution in [0.2, 0.25) is 0 Å². The number of urea groups is 1. The van der Waals surface area contributed by atoms with E-state index in [9.17, 15) is 4.79 Å². The van der Waals surface area contributed by atoms with E-state index in [1.807, 2.05) is 18.2 Å². The monoisotopic (exact) mass is 291 g/mol. The van der Waals surface area contributed by atoms with Crippen molar-refractivity contribution < 1.29 is 9.53 Å². The fraction of sp³-hybridized carbons (Fsp3) is 0.562. The Morgan fingerprint density at radius 1 is 1.38 bits per heavy atom. The van der Waals surface area contributed by atoms with Crippen LogP contribution in [0.15, 0.2) is 24.3 Å². The predicted molar refractivity (Wildman–Crippen MR) is 83.5 cm³/mol. The van der Waals surface area contributed by atoms with E-state index < -0.39 is 0 Å². The van der Waals surface area contributed by atoms with Crippen molar-refractivity contribution in [2.24, 2.45) is 5.92 Å². The molecule has 1 fully saturated rings. The van der Waals surface area contributed by atoms with Crippen LogP contribution in [0.1, 0.15) is 19.4 Å². The number of nitrogens with one attached hydrogen (secondary N) is 2. The Labute approximate surface area is 126 Å². The molecule has 5 heteroatoms. The van der Waals surface area contributed by atoms with Crippen molar-refractivity contribution in [2.45, 2.75) is 20.4 Å². The maximum Gasteiger partial charge on any atom is 0.317 e. The van der Waals surface area contributed by atoms with Crippen LogP contribution in [-0.4, -0.2) is 43.7 Å². The molecule has 1 aliphatic heterocycles. The molecule has 0 atom stereocenters. The van der Waals surface area contributed by atoms with Gasteiger partial charge in [-0.1, -0.05) is 32.0 Å². The van der Waals surface area contributed by atoms with Gasteiger partial charge in [0.15, 0.2) is 0 Å². The molecule has 0 unspecified atom stereocenters. The summed E-state index contributed by atoms with van der Waals surface area (Å²) in [7, 11) is 0. The lowest BCUT2D eigenvalue weighted by Gasteiger charge is -2.16. The number of nitrogens with zero attached hydrogens (tertiary/aromatic N) is 1. The van der Waals surface area contributed by atoms with E-state index in [0.717, 1.165) is 37.5 Å². The Hall–Kier alpha value is -1.75. The molecule has 2 rings (SSSR count). The minimum absolute atomic E-state index is 0.00508. The number of para-hydroxylation sites is 1. The van der Waals surface area contributed by atoms with Crippen LogP contribution in [-0.2, 0) is 6.54 Å². The Bertz CT molecular complexity index is 463. The van der Waals surface area contributed by atoms with Gasteiger partial charge in [-0.2, -0.15) is 0 Å². The topological polar surface area (TPSA) is 53.6 Å². The summed E-state index contributed by atoms with van der Waals surface area (Å²) in [6.07, 6.45) is 0. The minimum atomic E-state index is 0.00508. The van der Waals surface area contributed by atoms with Crippen molar-refractivity contribution in [1.29, 1.82) is 0 Å². The molecule has 0 aliphatic carbocycles. The average molecular weight is 291 g/mol. The molecule has 1 heterocycles. The van der Waals surface area contributed by atoms with Gasteiger partial charge in [0.25, 0.3) is 0 Å². The number of carbonyl (C=O) groups excluding carboxylic acids is 1. The van der Waals surface area contributed by atoms with Gasteiger partial charge in [-0.3, -0.25) is 0 Å². The number of hydrogen-bond donors (Lipinski definition) is 2. The lowest BCUT2D eigenvalue weighted by atomic mass is 10.2. The second-order valence-electron chi connectivity index (χ2n) is 5.70. The highest BCUT2D eigenvalue weighted by atomic mass is 16.5. The number of carbonyl (C=O) groups is 1. The molecule has 2 amide bonds. The van der Waals surface area contributed by atoms with E-state index in [1.165, 1.54) is 0 Å². The second kappa shape index (κ2) is 7.88. The van der Waals surface area contributed by atoms with Gasteiger partial charge in [0.1, 0.15) is 12.4 Å². The van der Waals surface area contributed by atoms with E-state index in [4.69, 9.17) is 4.74 Å². The summed E-state index contributed by atoms with van der Waals surface area (Å²) < 4.78 is 5.84. The van der Waals surface area contributed by atoms with Crippen molar-refractivity contribution in [1.82, 2.24) is 15.5 Å². The summed E-state index contributed by atoms with van der Waals surface area (Å²) in [6.45, 7) is 8.82. The molecular formula is C16H25N3O2. The third-order valence-electron chi connectivity index (χ3n) is 3.40. The molecule has 0 saturated carbocycles. The third kappa shape index (κ3) is 4.93. The Balaban J connectivity index is 1.80. The first-order valence-corrected chi connectivity index (χ1v) is 7.61. The predicted octanol–water partition coefficient (Wildman–Crippen LogP) is 1.84. The zero-order chi connectivity index (χ0) is 15.1. The van der Waals surface area contributed by atoms with Gasteiger partial charge in [0.2, 0.25) is 0 Å². The summed E-state index contributed by atoms with van der Waals surface area (Å²) in [4.78, 5) is 13.2. The largest absolute Gasteiger partial charge is 0.491 e. The van der Waals surface area contributed by atoms with Crippen LogP contribution >= 0.6 is 0 Å². The SMILES string of the molecule is CC(C)CNCc1ccccc1OCCN1CCNC1=O. The number of amides is 2. The molecule has 0 spiro atoms. The maximum atomic E-state index is 11.4. The lowest BCUT2D eigenvalue weighted by Crippen LogP contribution is -2.32. The first-order chi connectivity index (χ1) is 10.2. The molecule has 21 heavy (non-hydrogen) atoms. The van der Waals surface area contributed by atoms with Crippen LogP contribution in [0, 0.1) is 5.92 Å². The van der Waals surface area contributed by atoms with E-state index in [-0.39, 0.29) is 6.03 Å². The normalized spacial score (nSPS) is 14.6. The quantitative estimate of drug-likeness (QED) is 0.768. The summed E-state index contributed by atoms with van der Waals surface area (Å²) in [6, 6.07) is 8.06. The van der Waals surface area contributed by atoms with E-state index in [1.54, 1.807) is 4.90 Å². The van der Waals surface area contributed by atoms with Crippen LogP contribution in [0.25, 0.3) is 0 Å². The van der Waals surface area contributed by atoms with Crippen LogP contribution in [0.5, 0.6) is 5.75 Å². The highest BCUT2D eigenvalue weighted by Crippen LogP contribution is 2.17. The fourth-order valence-electron chi connectivity index (χ4n) is 2.28. The van der Waals surface area contributed by atoms with E-state index in [2.05, 4.69) is 30.5 Å². The molecule has 0 radical (unpaired) electrons. The molecule has 0 bridgehead atoms. The van der Waals surface area contributed by atoms with Crippen molar-refractivity contribution in [3.63, 3.8) is 0 Å². The van der Waals surface area contributed by atoms with Gasteiger partial charge in [-0.25, -0.2) is 4.79 Å². The van der Waals surface area contributed by atoms with Gasteiger partial charge in [0.05, 0.1) is 6.54 Å². The molecular weight excluding hydrogens is 266 g/mol. The van der Waals surface area contributed by atoms with Crippen LogP contribution < -0.4 is 15.4 Å². The Morgan fingerprint density at radius 2 is 2.19 bits per heavy atom. The highest BCUT2D eigenvalue weighted by molar-refractivity contribution is 5.76. The van der Waals surface area contributed by atoms with Crippen LogP contribution in [0.3, 0.4) is 0 Å². The fourth-order valence-corrected chi connectivity index (χ4v) is 2.28. The molecule has 5 nitrogen and oxygen atoms in total. The minimum Gasteiger partial charge on any atom is -0.491 e. The van der Waals surface area contributed by atoms with Gasteiger partial charge >= 0.3 is 6.03 Å². The molecule has 0 aromatic heterocycles. The molecule has 1 aromatic carbocycles. The Morgan fingerprint density at radius 3 is 2.90 bits per heavy atom. The molecule has 1 saturated heterocycles. The zero-order valence-electron chi connectivity index (χ0n) is 12.9. The van der Waals surface area contributed by atoms with Crippen molar-refractivity contribution in [2.75, 3.05) is 32.8 Å². The summed E-state index contributed by atoms with van der Waals surface area (Å²) >= 11 is 0. The maximum absolute atomic E-state index is 11.4. The van der Waals surface area contributed by atoms with Gasteiger partial charge < -0.3 is 20.3 Å². The number of benzene rings is 1. The van der Waals surface area contributed by atoms with Gasteiger partial charge in [-0.05, 0) is 18.5 Å². The number of ether oxygens (including phenoxy) is 1. The zero-order valence-corrected chi connectivity index (χ0v) is 12.9. The summed E-state index contributed by atoms with van der Waals surface area (Å²) in [5.41, 5.74) is 1.16. The third-order valence-corrected chi connectivity index (χ3v) is 3.40. The number of rotatable bonds is 8. The average Bonchev–Trinajstić information content (AvgIpc) is 2.86. The van der Waals surface area contributed by atoms with E-state index in [0.29, 0.717) is 19.1 Å². The number of hydrogen-bond acceptors (Lipinski definition) is 3. The van der Waals surface area contributed by atoms with Gasteiger partial charge in [-0.15, -0.1) is 0 Å². The smallest absolute Gasteiger partial charge is 0.317 e. The standard InChI is InChI=1S/C16H25N3O2/c1-13(2)11-17-12-14-5-3-4-6-15(14)21-10-9-19-8-7-18-16(19)20/h3-6,13,17H,7-12H2,1-2H3,(H,18,20). The van der Waals surface area contributed by atoms with Crippen LogP contribution in [0.4, 0.5) is 4.79 Å². The Kier molecular flexibility index (Phi) is 5.87. The van der Waals surface area contributed by atoms with E-state index >= 15 is 0 Å². The highest BCUT2D eigenvalue weighted by Gasteiger charge is 2.18. The van der Waals surface area contributed by atoms with Crippen molar-refractivity contribution in [3.05, 3.63) is 29.8 Å². The van der Waals surface area contributed by atoms with Gasteiger partial charge in [0, 0.05) is 25.2 Å². The van der Waals surface area contributed by atoms with Crippen molar-refractivity contribution in [3.8, 4) is 5.75 Å². The first kappa shape index (κ1) is 15.6. The second-order valence-corrected chi connectivity index (χ2v) is 5.70. The molecule has 2 N–H and O–H groups in total. The first-order valence-electron chi connectivity index (χ1n) is 7.61. The molecule has 116 valence electrons. The summed E-state index contributed by atoms with van der Waals surface area (Å²) in [5, 5.41) is 6.22. The summed E-state index contributed by atoms with van der Waals surface area (Å²) in [5.74, 6) is 1.53.